The number of rotatable bonds is 5. The number of aliphatic hydroxyl groups is 1. The Morgan fingerprint density at radius 2 is 2.24 bits per heavy atom. The Morgan fingerprint density at radius 1 is 1.48 bits per heavy atom. The third-order valence-corrected chi connectivity index (χ3v) is 5.29. The third-order valence-electron chi connectivity index (χ3n) is 4.00. The van der Waals surface area contributed by atoms with Crippen LogP contribution in [0.2, 0.25) is 4.34 Å². The van der Waals surface area contributed by atoms with Gasteiger partial charge in [-0.05, 0) is 31.4 Å². The van der Waals surface area contributed by atoms with Crippen molar-refractivity contribution in [3.05, 3.63) is 21.3 Å². The van der Waals surface area contributed by atoms with Crippen LogP contribution in [0, 0.1) is 5.92 Å². The van der Waals surface area contributed by atoms with Gasteiger partial charge < -0.3 is 15.3 Å². The molecule has 1 aromatic rings. The Labute approximate surface area is 135 Å². The molecule has 118 valence electrons. The maximum atomic E-state index is 12.0. The van der Waals surface area contributed by atoms with E-state index in [1.54, 1.807) is 23.3 Å². The number of hydrogen-bond donors (Lipinski definition) is 2. The van der Waals surface area contributed by atoms with Crippen LogP contribution in [0.1, 0.15) is 30.6 Å². The number of urea groups is 1. The average Bonchev–Trinajstić information content (AvgIpc) is 2.87. The molecule has 0 aliphatic heterocycles. The number of thiophene rings is 1. The van der Waals surface area contributed by atoms with Crippen molar-refractivity contribution >= 4 is 29.0 Å². The maximum absolute atomic E-state index is 12.0. The molecule has 0 aromatic carbocycles. The first-order valence-corrected chi connectivity index (χ1v) is 8.67. The van der Waals surface area contributed by atoms with Gasteiger partial charge in [0.2, 0.25) is 0 Å². The zero-order chi connectivity index (χ0) is 15.2. The first-order chi connectivity index (χ1) is 10.1. The van der Waals surface area contributed by atoms with Gasteiger partial charge in [0.25, 0.3) is 0 Å². The Kier molecular flexibility index (Phi) is 6.33. The van der Waals surface area contributed by atoms with Crippen molar-refractivity contribution in [2.75, 3.05) is 20.1 Å². The second-order valence-corrected chi connectivity index (χ2v) is 7.48. The number of nitrogens with zero attached hydrogens (tertiary/aromatic N) is 1. The highest BCUT2D eigenvalue weighted by atomic mass is 35.5. The predicted octanol–water partition coefficient (Wildman–Crippen LogP) is 3.14. The molecular weight excluding hydrogens is 308 g/mol. The summed E-state index contributed by atoms with van der Waals surface area (Å²) < 4.78 is 0.778. The van der Waals surface area contributed by atoms with Gasteiger partial charge in [0.05, 0.1) is 10.4 Å². The summed E-state index contributed by atoms with van der Waals surface area (Å²) in [6.07, 6.45) is 4.64. The molecule has 2 atom stereocenters. The van der Waals surface area contributed by atoms with E-state index < -0.39 is 0 Å². The van der Waals surface area contributed by atoms with E-state index in [4.69, 9.17) is 11.6 Å². The van der Waals surface area contributed by atoms with E-state index >= 15 is 0 Å². The van der Waals surface area contributed by atoms with Gasteiger partial charge in [-0.2, -0.15) is 0 Å². The minimum atomic E-state index is -0.262. The maximum Gasteiger partial charge on any atom is 0.317 e. The summed E-state index contributed by atoms with van der Waals surface area (Å²) in [5.74, 6) is 0.214. The van der Waals surface area contributed by atoms with Gasteiger partial charge in [-0.25, -0.2) is 4.79 Å². The number of nitrogens with one attached hydrogen (secondary N) is 1. The highest BCUT2D eigenvalue weighted by Crippen LogP contribution is 2.25. The van der Waals surface area contributed by atoms with Crippen LogP contribution < -0.4 is 5.32 Å². The lowest BCUT2D eigenvalue weighted by Crippen LogP contribution is -2.43. The van der Waals surface area contributed by atoms with E-state index in [1.165, 1.54) is 4.88 Å². The molecule has 6 heteroatoms. The summed E-state index contributed by atoms with van der Waals surface area (Å²) in [6, 6.07) is 3.79. The van der Waals surface area contributed by atoms with Crippen molar-refractivity contribution in [2.24, 2.45) is 5.92 Å². The van der Waals surface area contributed by atoms with Gasteiger partial charge in [-0.1, -0.05) is 24.4 Å². The second-order valence-electron chi connectivity index (χ2n) is 5.68. The number of carbonyl (C=O) groups excluding carboxylic acids is 1. The molecule has 2 rings (SSSR count). The molecular formula is C15H23ClN2O2S. The van der Waals surface area contributed by atoms with E-state index in [-0.39, 0.29) is 18.1 Å². The quantitative estimate of drug-likeness (QED) is 0.871. The van der Waals surface area contributed by atoms with Crippen molar-refractivity contribution in [2.45, 2.75) is 38.2 Å². The molecule has 0 saturated heterocycles. The molecule has 1 fully saturated rings. The highest BCUT2D eigenvalue weighted by molar-refractivity contribution is 7.16. The minimum Gasteiger partial charge on any atom is -0.393 e. The molecule has 1 heterocycles. The largest absolute Gasteiger partial charge is 0.393 e. The first-order valence-electron chi connectivity index (χ1n) is 7.47. The molecule has 2 amide bonds. The van der Waals surface area contributed by atoms with E-state index in [1.807, 2.05) is 12.1 Å². The van der Waals surface area contributed by atoms with Crippen LogP contribution in [0.5, 0.6) is 0 Å². The lowest BCUT2D eigenvalue weighted by atomic mass is 9.86. The Bertz CT molecular complexity index is 466. The van der Waals surface area contributed by atoms with Crippen LogP contribution in [-0.2, 0) is 6.42 Å². The van der Waals surface area contributed by atoms with Crippen molar-refractivity contribution in [3.63, 3.8) is 0 Å². The van der Waals surface area contributed by atoms with E-state index in [9.17, 15) is 9.90 Å². The fourth-order valence-electron chi connectivity index (χ4n) is 2.75. The Morgan fingerprint density at radius 3 is 2.90 bits per heavy atom. The smallest absolute Gasteiger partial charge is 0.317 e. The van der Waals surface area contributed by atoms with Crippen molar-refractivity contribution in [3.8, 4) is 0 Å². The molecule has 0 spiro atoms. The van der Waals surface area contributed by atoms with Crippen LogP contribution in [0.4, 0.5) is 4.79 Å². The van der Waals surface area contributed by atoms with Gasteiger partial charge in [-0.3, -0.25) is 0 Å². The SMILES string of the molecule is CN(CC1CCCCC1O)C(=O)NCCc1ccc(Cl)s1. The van der Waals surface area contributed by atoms with Crippen LogP contribution in [0.15, 0.2) is 12.1 Å². The van der Waals surface area contributed by atoms with Crippen LogP contribution in [-0.4, -0.2) is 42.3 Å². The van der Waals surface area contributed by atoms with E-state index in [2.05, 4.69) is 5.32 Å². The van der Waals surface area contributed by atoms with Crippen molar-refractivity contribution < 1.29 is 9.90 Å². The summed E-state index contributed by atoms with van der Waals surface area (Å²) in [6.45, 7) is 1.23. The lowest BCUT2D eigenvalue weighted by Gasteiger charge is -2.31. The van der Waals surface area contributed by atoms with E-state index in [0.717, 1.165) is 36.4 Å². The monoisotopic (exact) mass is 330 g/mol. The lowest BCUT2D eigenvalue weighted by molar-refractivity contribution is 0.0565. The van der Waals surface area contributed by atoms with Crippen LogP contribution in [0.25, 0.3) is 0 Å². The fraction of sp³-hybridized carbons (Fsp3) is 0.667. The molecule has 0 radical (unpaired) electrons. The highest BCUT2D eigenvalue weighted by Gasteiger charge is 2.25. The van der Waals surface area contributed by atoms with Crippen LogP contribution in [0.3, 0.4) is 0 Å². The summed E-state index contributed by atoms with van der Waals surface area (Å²) in [7, 11) is 1.79. The topological polar surface area (TPSA) is 52.6 Å². The third kappa shape index (κ3) is 5.16. The van der Waals surface area contributed by atoms with Gasteiger partial charge >= 0.3 is 6.03 Å². The zero-order valence-electron chi connectivity index (χ0n) is 12.3. The Balaban J connectivity index is 1.69. The van der Waals surface area contributed by atoms with Gasteiger partial charge in [0.1, 0.15) is 0 Å². The summed E-state index contributed by atoms with van der Waals surface area (Å²) in [5.41, 5.74) is 0. The zero-order valence-corrected chi connectivity index (χ0v) is 13.9. The number of amides is 2. The number of halogens is 1. The second kappa shape index (κ2) is 8.01. The summed E-state index contributed by atoms with van der Waals surface area (Å²) >= 11 is 7.42. The molecule has 2 N–H and O–H groups in total. The van der Waals surface area contributed by atoms with E-state index in [0.29, 0.717) is 13.1 Å². The molecule has 1 aliphatic carbocycles. The standard InChI is InChI=1S/C15H23ClN2O2S/c1-18(10-11-4-2-3-5-13(11)19)15(20)17-9-8-12-6-7-14(16)21-12/h6-7,11,13,19H,2-5,8-10H2,1H3,(H,17,20). The summed E-state index contributed by atoms with van der Waals surface area (Å²) in [4.78, 5) is 14.9. The Hall–Kier alpha value is -0.780. The van der Waals surface area contributed by atoms with Gasteiger partial charge in [0, 0.05) is 30.9 Å². The first kappa shape index (κ1) is 16.6. The molecule has 1 aliphatic rings. The van der Waals surface area contributed by atoms with Gasteiger partial charge in [0.15, 0.2) is 0 Å². The normalized spacial score (nSPS) is 22.0. The molecule has 21 heavy (non-hydrogen) atoms. The predicted molar refractivity (Wildman–Crippen MR) is 87.0 cm³/mol. The summed E-state index contributed by atoms with van der Waals surface area (Å²) in [5, 5.41) is 12.9. The fourth-order valence-corrected chi connectivity index (χ4v) is 3.84. The molecule has 4 nitrogen and oxygen atoms in total. The molecule has 2 unspecified atom stereocenters. The van der Waals surface area contributed by atoms with Crippen molar-refractivity contribution in [1.29, 1.82) is 0 Å². The van der Waals surface area contributed by atoms with Gasteiger partial charge in [-0.15, -0.1) is 11.3 Å². The number of carbonyl (C=O) groups is 1. The molecule has 1 saturated carbocycles. The minimum absolute atomic E-state index is 0.0737. The average molecular weight is 331 g/mol. The number of aliphatic hydroxyl groups excluding tert-OH is 1. The van der Waals surface area contributed by atoms with Crippen molar-refractivity contribution in [1.82, 2.24) is 10.2 Å². The van der Waals surface area contributed by atoms with Crippen LogP contribution >= 0.6 is 22.9 Å². The number of hydrogen-bond acceptors (Lipinski definition) is 3. The molecule has 0 bridgehead atoms. The molecule has 1 aromatic heterocycles.